The second-order valence-electron chi connectivity index (χ2n) is 6.66. The van der Waals surface area contributed by atoms with Gasteiger partial charge in [0, 0.05) is 15.5 Å². The molecule has 1 aliphatic heterocycles. The molecule has 0 saturated heterocycles. The molecule has 25 heavy (non-hydrogen) atoms. The maximum atomic E-state index is 12.0. The molecule has 2 aliphatic rings. The van der Waals surface area contributed by atoms with Crippen LogP contribution < -0.4 is 5.73 Å². The highest BCUT2D eigenvalue weighted by Crippen LogP contribution is 2.66. The summed E-state index contributed by atoms with van der Waals surface area (Å²) >= 11 is 0. The molecule has 0 aromatic heterocycles. The van der Waals surface area contributed by atoms with Crippen molar-refractivity contribution < 1.29 is 9.90 Å². The van der Waals surface area contributed by atoms with Crippen LogP contribution in [0.25, 0.3) is 5.57 Å². The number of fused-ring (bicyclic) bond motifs is 2. The van der Waals surface area contributed by atoms with Crippen LogP contribution in [0.2, 0.25) is 0 Å². The van der Waals surface area contributed by atoms with Gasteiger partial charge in [0.15, 0.2) is 5.78 Å². The number of carbonyl (C=O) groups is 1. The van der Waals surface area contributed by atoms with Crippen LogP contribution >= 0.6 is 10.0 Å². The SMILES string of the molecule is CS1(C)C2=CC(=O)C=CC2=C(c2ccc(N)cc2)c2ccc(O)cc21. The first-order valence-corrected chi connectivity index (χ1v) is 10.4. The van der Waals surface area contributed by atoms with Crippen LogP contribution in [0.15, 0.2) is 76.1 Å². The molecular weight excluding hydrogens is 330 g/mol. The van der Waals surface area contributed by atoms with Crippen LogP contribution in [0.3, 0.4) is 0 Å². The minimum Gasteiger partial charge on any atom is -0.508 e. The summed E-state index contributed by atoms with van der Waals surface area (Å²) < 4.78 is 0. The molecular formula is C21H19NO2S. The van der Waals surface area contributed by atoms with Crippen LogP contribution in [0.5, 0.6) is 5.75 Å². The van der Waals surface area contributed by atoms with E-state index in [4.69, 9.17) is 5.73 Å². The number of hydrogen-bond donors (Lipinski definition) is 2. The van der Waals surface area contributed by atoms with Gasteiger partial charge in [0.05, 0.1) is 0 Å². The average molecular weight is 349 g/mol. The predicted molar refractivity (Wildman–Crippen MR) is 105 cm³/mol. The van der Waals surface area contributed by atoms with Gasteiger partial charge in [-0.1, -0.05) is 12.1 Å². The third-order valence-corrected chi connectivity index (χ3v) is 7.63. The average Bonchev–Trinajstić information content (AvgIpc) is 2.58. The number of phenolic OH excluding ortho intramolecular Hbond substituents is 1. The zero-order valence-electron chi connectivity index (χ0n) is 14.1. The Balaban J connectivity index is 2.09. The highest BCUT2D eigenvalue weighted by Gasteiger charge is 2.35. The Morgan fingerprint density at radius 2 is 1.72 bits per heavy atom. The molecule has 2 aromatic carbocycles. The molecule has 4 rings (SSSR count). The van der Waals surface area contributed by atoms with E-state index in [2.05, 4.69) is 12.5 Å². The lowest BCUT2D eigenvalue weighted by Crippen LogP contribution is -2.16. The van der Waals surface area contributed by atoms with E-state index in [1.165, 1.54) is 0 Å². The van der Waals surface area contributed by atoms with Crippen molar-refractivity contribution in [2.24, 2.45) is 0 Å². The number of rotatable bonds is 1. The Morgan fingerprint density at radius 3 is 2.44 bits per heavy atom. The number of ketones is 1. The summed E-state index contributed by atoms with van der Waals surface area (Å²) in [5.41, 5.74) is 10.9. The minimum absolute atomic E-state index is 0.0135. The van der Waals surface area contributed by atoms with Crippen LogP contribution in [0, 0.1) is 0 Å². The van der Waals surface area contributed by atoms with E-state index in [1.54, 1.807) is 18.2 Å². The molecule has 0 atom stereocenters. The summed E-state index contributed by atoms with van der Waals surface area (Å²) in [5, 5.41) is 10.0. The summed E-state index contributed by atoms with van der Waals surface area (Å²) in [6.07, 6.45) is 9.63. The van der Waals surface area contributed by atoms with Gasteiger partial charge in [-0.25, -0.2) is 0 Å². The van der Waals surface area contributed by atoms with Crippen molar-refractivity contribution in [2.45, 2.75) is 4.90 Å². The third kappa shape index (κ3) is 2.41. The number of benzene rings is 2. The van der Waals surface area contributed by atoms with Gasteiger partial charge in [-0.15, -0.1) is 0 Å². The quantitative estimate of drug-likeness (QED) is 0.757. The number of nitrogen functional groups attached to an aromatic ring is 1. The van der Waals surface area contributed by atoms with E-state index >= 15 is 0 Å². The molecule has 2 aromatic rings. The normalized spacial score (nSPS) is 19.1. The van der Waals surface area contributed by atoms with Crippen molar-refractivity contribution in [3.05, 3.63) is 82.3 Å². The molecule has 0 radical (unpaired) electrons. The van der Waals surface area contributed by atoms with Gasteiger partial charge in [0.25, 0.3) is 0 Å². The standard InChI is InChI=1S/C21H19NO2S/c1-25(2)19-11-15(23)7-9-17(19)21(13-3-5-14(22)6-4-13)18-10-8-16(24)12-20(18)25/h3-12,23H,22H2,1-2H3. The molecule has 1 aliphatic carbocycles. The number of allylic oxidation sites excluding steroid dienone is 4. The molecule has 0 spiro atoms. The number of phenols is 1. The molecule has 0 fully saturated rings. The van der Waals surface area contributed by atoms with E-state index < -0.39 is 10.0 Å². The van der Waals surface area contributed by atoms with Crippen LogP contribution in [0.4, 0.5) is 5.69 Å². The molecule has 0 amide bonds. The predicted octanol–water partition coefficient (Wildman–Crippen LogP) is 4.24. The molecule has 0 saturated carbocycles. The summed E-state index contributed by atoms with van der Waals surface area (Å²) in [6.45, 7) is 0. The molecule has 1 heterocycles. The maximum Gasteiger partial charge on any atom is 0.179 e. The maximum absolute atomic E-state index is 12.0. The topological polar surface area (TPSA) is 63.3 Å². The highest BCUT2D eigenvalue weighted by molar-refractivity contribution is 8.36. The fourth-order valence-corrected chi connectivity index (χ4v) is 6.00. The Kier molecular flexibility index (Phi) is 3.41. The monoisotopic (exact) mass is 349 g/mol. The number of aromatic hydroxyl groups is 1. The van der Waals surface area contributed by atoms with Crippen molar-refractivity contribution in [3.8, 4) is 5.75 Å². The number of nitrogens with two attached hydrogens (primary N) is 1. The Hall–Kier alpha value is -2.72. The number of carbonyl (C=O) groups excluding carboxylic acids is 1. The van der Waals surface area contributed by atoms with E-state index in [1.807, 2.05) is 42.5 Å². The Morgan fingerprint density at radius 1 is 1.00 bits per heavy atom. The van der Waals surface area contributed by atoms with Gasteiger partial charge >= 0.3 is 0 Å². The van der Waals surface area contributed by atoms with Crippen LogP contribution in [-0.4, -0.2) is 23.4 Å². The van der Waals surface area contributed by atoms with Gasteiger partial charge in [-0.3, -0.25) is 4.79 Å². The van der Waals surface area contributed by atoms with E-state index in [0.717, 1.165) is 32.1 Å². The van der Waals surface area contributed by atoms with Crippen molar-refractivity contribution in [1.82, 2.24) is 0 Å². The van der Waals surface area contributed by atoms with Gasteiger partial charge in [0.2, 0.25) is 0 Å². The van der Waals surface area contributed by atoms with E-state index in [9.17, 15) is 9.90 Å². The molecule has 126 valence electrons. The zero-order valence-corrected chi connectivity index (χ0v) is 14.9. The van der Waals surface area contributed by atoms with Crippen molar-refractivity contribution in [2.75, 3.05) is 18.2 Å². The first kappa shape index (κ1) is 15.8. The first-order chi connectivity index (χ1) is 11.9. The summed E-state index contributed by atoms with van der Waals surface area (Å²) in [4.78, 5) is 14.2. The minimum atomic E-state index is -1.40. The van der Waals surface area contributed by atoms with Crippen molar-refractivity contribution in [3.63, 3.8) is 0 Å². The van der Waals surface area contributed by atoms with Gasteiger partial charge in [-0.2, -0.15) is 10.0 Å². The molecule has 4 heteroatoms. The number of hydrogen-bond acceptors (Lipinski definition) is 3. The summed E-state index contributed by atoms with van der Waals surface area (Å²) in [6, 6.07) is 13.3. The molecule has 0 bridgehead atoms. The lowest BCUT2D eigenvalue weighted by molar-refractivity contribution is -0.110. The zero-order chi connectivity index (χ0) is 17.8. The second-order valence-corrected chi connectivity index (χ2v) is 10.2. The van der Waals surface area contributed by atoms with E-state index in [0.29, 0.717) is 5.69 Å². The molecule has 3 nitrogen and oxygen atoms in total. The van der Waals surface area contributed by atoms with Gasteiger partial charge < -0.3 is 10.8 Å². The Bertz CT molecular complexity index is 995. The molecule has 3 N–H and O–H groups in total. The van der Waals surface area contributed by atoms with Gasteiger partial charge in [0.1, 0.15) is 5.75 Å². The van der Waals surface area contributed by atoms with Crippen molar-refractivity contribution >= 4 is 27.1 Å². The van der Waals surface area contributed by atoms with Crippen molar-refractivity contribution in [1.29, 1.82) is 0 Å². The summed E-state index contributed by atoms with van der Waals surface area (Å²) in [7, 11) is -1.40. The third-order valence-electron chi connectivity index (χ3n) is 4.76. The fraction of sp³-hybridized carbons (Fsp3) is 0.0952. The summed E-state index contributed by atoms with van der Waals surface area (Å²) in [5.74, 6) is 0.261. The van der Waals surface area contributed by atoms with Crippen LogP contribution in [0.1, 0.15) is 11.1 Å². The lowest BCUT2D eigenvalue weighted by Gasteiger charge is -2.42. The fourth-order valence-electron chi connectivity index (χ4n) is 3.50. The Labute approximate surface area is 148 Å². The molecule has 0 unspecified atom stereocenters. The van der Waals surface area contributed by atoms with E-state index in [-0.39, 0.29) is 11.5 Å². The second kappa shape index (κ2) is 5.39. The smallest absolute Gasteiger partial charge is 0.179 e. The number of anilines is 1. The first-order valence-electron chi connectivity index (χ1n) is 7.99. The highest BCUT2D eigenvalue weighted by atomic mass is 32.3. The largest absolute Gasteiger partial charge is 0.508 e. The van der Waals surface area contributed by atoms with Crippen LogP contribution in [-0.2, 0) is 4.79 Å². The lowest BCUT2D eigenvalue weighted by atomic mass is 9.90. The van der Waals surface area contributed by atoms with Gasteiger partial charge in [-0.05, 0) is 83.3 Å².